The number of likely N-dealkylation sites (N-methyl/N-ethyl adjacent to an activating group) is 1. The first kappa shape index (κ1) is 14.1. The highest BCUT2D eigenvalue weighted by atomic mass is 16.3. The first-order chi connectivity index (χ1) is 9.08. The number of aryl methyl sites for hydroxylation is 1. The van der Waals surface area contributed by atoms with Crippen molar-refractivity contribution in [3.05, 3.63) is 27.7 Å². The largest absolute Gasteiger partial charge is 0.503 e. The number of nitrogens with zero attached hydrogens (tertiary/aromatic N) is 2. The van der Waals surface area contributed by atoms with Gasteiger partial charge in [0.05, 0.1) is 12.3 Å². The summed E-state index contributed by atoms with van der Waals surface area (Å²) in [4.78, 5) is 13.8. The van der Waals surface area contributed by atoms with Crippen LogP contribution in [0.3, 0.4) is 0 Å². The molecule has 1 heterocycles. The summed E-state index contributed by atoms with van der Waals surface area (Å²) in [5.41, 5.74) is 1.27. The summed E-state index contributed by atoms with van der Waals surface area (Å²) in [6.07, 6.45) is 2.20. The summed E-state index contributed by atoms with van der Waals surface area (Å²) in [6, 6.07) is 1.91. The van der Waals surface area contributed by atoms with Gasteiger partial charge < -0.3 is 14.8 Å². The highest BCUT2D eigenvalue weighted by Crippen LogP contribution is 2.38. The predicted molar refractivity (Wildman–Crippen MR) is 73.4 cm³/mol. The summed E-state index contributed by atoms with van der Waals surface area (Å²) in [6.45, 7) is 5.80. The van der Waals surface area contributed by atoms with E-state index in [1.807, 2.05) is 18.7 Å². The minimum absolute atomic E-state index is 0.0775. The van der Waals surface area contributed by atoms with Crippen molar-refractivity contribution in [2.75, 3.05) is 19.7 Å². The maximum atomic E-state index is 11.8. The van der Waals surface area contributed by atoms with Gasteiger partial charge in [0, 0.05) is 30.9 Å². The molecule has 106 valence electrons. The number of aromatic hydroxyl groups is 1. The normalized spacial score (nSPS) is 15.2. The Bertz CT molecular complexity index is 506. The maximum Gasteiger partial charge on any atom is 0.223 e. The van der Waals surface area contributed by atoms with Gasteiger partial charge in [-0.3, -0.25) is 9.69 Å². The Morgan fingerprint density at radius 1 is 1.47 bits per heavy atom. The number of aliphatic hydroxyl groups is 1. The van der Waals surface area contributed by atoms with Crippen molar-refractivity contribution in [1.29, 1.82) is 0 Å². The lowest BCUT2D eigenvalue weighted by Crippen LogP contribution is -2.29. The van der Waals surface area contributed by atoms with Crippen LogP contribution in [0.25, 0.3) is 0 Å². The van der Waals surface area contributed by atoms with Crippen molar-refractivity contribution in [2.45, 2.75) is 39.3 Å². The lowest BCUT2D eigenvalue weighted by Gasteiger charge is -2.24. The van der Waals surface area contributed by atoms with Crippen molar-refractivity contribution in [3.63, 3.8) is 0 Å². The third-order valence-electron chi connectivity index (χ3n) is 3.67. The summed E-state index contributed by atoms with van der Waals surface area (Å²) < 4.78 is 2.08. The third-order valence-corrected chi connectivity index (χ3v) is 3.67. The van der Waals surface area contributed by atoms with E-state index in [1.165, 1.54) is 6.07 Å². The van der Waals surface area contributed by atoms with Gasteiger partial charge in [-0.25, -0.2) is 0 Å². The van der Waals surface area contributed by atoms with Gasteiger partial charge >= 0.3 is 0 Å². The molecule has 1 saturated carbocycles. The molecule has 0 bridgehead atoms. The average Bonchev–Trinajstić information content (AvgIpc) is 3.19. The zero-order chi connectivity index (χ0) is 14.0. The second-order valence-corrected chi connectivity index (χ2v) is 5.14. The number of rotatable bonds is 6. The zero-order valence-corrected chi connectivity index (χ0v) is 11.6. The molecule has 1 aromatic heterocycles. The minimum Gasteiger partial charge on any atom is -0.503 e. The highest BCUT2D eigenvalue weighted by molar-refractivity contribution is 5.31. The van der Waals surface area contributed by atoms with E-state index in [0.717, 1.165) is 25.1 Å². The van der Waals surface area contributed by atoms with Crippen LogP contribution in [0.2, 0.25) is 0 Å². The number of aliphatic hydroxyl groups excluding tert-OH is 1. The van der Waals surface area contributed by atoms with Crippen LogP contribution in [-0.4, -0.2) is 39.4 Å². The van der Waals surface area contributed by atoms with Crippen molar-refractivity contribution in [1.82, 2.24) is 9.47 Å². The van der Waals surface area contributed by atoms with Crippen LogP contribution < -0.4 is 5.43 Å². The Morgan fingerprint density at radius 2 is 2.16 bits per heavy atom. The number of aromatic nitrogens is 1. The van der Waals surface area contributed by atoms with Crippen molar-refractivity contribution >= 4 is 0 Å². The van der Waals surface area contributed by atoms with Crippen molar-refractivity contribution in [2.24, 2.45) is 0 Å². The van der Waals surface area contributed by atoms with E-state index < -0.39 is 0 Å². The molecule has 2 N–H and O–H groups in total. The molecule has 0 atom stereocenters. The standard InChI is InChI=1S/C14H22N2O3/c1-3-15(6-7-17)9-12-14(19)13(18)8-10(2)16(12)11-4-5-11/h8,11,17,19H,3-7,9H2,1-2H3. The fourth-order valence-electron chi connectivity index (χ4n) is 2.49. The molecule has 0 amide bonds. The molecule has 0 radical (unpaired) electrons. The van der Waals surface area contributed by atoms with Crippen LogP contribution in [0.15, 0.2) is 10.9 Å². The van der Waals surface area contributed by atoms with Gasteiger partial charge in [-0.15, -0.1) is 0 Å². The predicted octanol–water partition coefficient (Wildman–Crippen LogP) is 1.01. The van der Waals surface area contributed by atoms with Crippen LogP contribution >= 0.6 is 0 Å². The molecule has 5 nitrogen and oxygen atoms in total. The van der Waals surface area contributed by atoms with E-state index >= 15 is 0 Å². The van der Waals surface area contributed by atoms with Crippen LogP contribution in [0.1, 0.15) is 37.2 Å². The number of pyridine rings is 1. The highest BCUT2D eigenvalue weighted by Gasteiger charge is 2.28. The van der Waals surface area contributed by atoms with E-state index in [2.05, 4.69) is 4.57 Å². The summed E-state index contributed by atoms with van der Waals surface area (Å²) in [5, 5.41) is 19.1. The quantitative estimate of drug-likeness (QED) is 0.806. The smallest absolute Gasteiger partial charge is 0.223 e. The molecule has 5 heteroatoms. The van der Waals surface area contributed by atoms with E-state index in [4.69, 9.17) is 5.11 Å². The van der Waals surface area contributed by atoms with Gasteiger partial charge in [0.15, 0.2) is 5.75 Å². The second-order valence-electron chi connectivity index (χ2n) is 5.14. The molecule has 1 aliphatic rings. The Morgan fingerprint density at radius 3 is 2.68 bits per heavy atom. The summed E-state index contributed by atoms with van der Waals surface area (Å²) >= 11 is 0. The zero-order valence-electron chi connectivity index (χ0n) is 11.6. The van der Waals surface area contributed by atoms with Crippen molar-refractivity contribution < 1.29 is 10.2 Å². The first-order valence-corrected chi connectivity index (χ1v) is 6.85. The van der Waals surface area contributed by atoms with E-state index in [1.54, 1.807) is 0 Å². The Hall–Kier alpha value is -1.33. The van der Waals surface area contributed by atoms with Crippen molar-refractivity contribution in [3.8, 4) is 5.75 Å². The number of hydrogen-bond donors (Lipinski definition) is 2. The van der Waals surface area contributed by atoms with Gasteiger partial charge in [-0.05, 0) is 26.3 Å². The number of hydrogen-bond acceptors (Lipinski definition) is 4. The fourth-order valence-corrected chi connectivity index (χ4v) is 2.49. The molecule has 1 aromatic rings. The molecule has 0 aromatic carbocycles. The van der Waals surface area contributed by atoms with Gasteiger partial charge in [-0.2, -0.15) is 0 Å². The molecule has 19 heavy (non-hydrogen) atoms. The molecular weight excluding hydrogens is 244 g/mol. The van der Waals surface area contributed by atoms with Crippen LogP contribution in [-0.2, 0) is 6.54 Å². The molecule has 2 rings (SSSR count). The monoisotopic (exact) mass is 266 g/mol. The van der Waals surface area contributed by atoms with E-state index in [0.29, 0.717) is 24.8 Å². The van der Waals surface area contributed by atoms with Gasteiger partial charge in [0.25, 0.3) is 0 Å². The Balaban J connectivity index is 2.39. The first-order valence-electron chi connectivity index (χ1n) is 6.85. The van der Waals surface area contributed by atoms with Crippen LogP contribution in [0, 0.1) is 6.92 Å². The molecule has 0 unspecified atom stereocenters. The minimum atomic E-state index is -0.315. The molecule has 1 aliphatic carbocycles. The fraction of sp³-hybridized carbons (Fsp3) is 0.643. The topological polar surface area (TPSA) is 65.7 Å². The molecule has 1 fully saturated rings. The maximum absolute atomic E-state index is 11.8. The SMILES string of the molecule is CCN(CCO)Cc1c(O)c(=O)cc(C)n1C1CC1. The molecule has 0 saturated heterocycles. The van der Waals surface area contributed by atoms with E-state index in [-0.39, 0.29) is 17.8 Å². The Labute approximate surface area is 113 Å². The average molecular weight is 266 g/mol. The third kappa shape index (κ3) is 2.98. The lowest BCUT2D eigenvalue weighted by atomic mass is 10.2. The van der Waals surface area contributed by atoms with Crippen LogP contribution in [0.4, 0.5) is 0 Å². The Kier molecular flexibility index (Phi) is 4.27. The van der Waals surface area contributed by atoms with E-state index in [9.17, 15) is 9.90 Å². The molecule has 0 spiro atoms. The van der Waals surface area contributed by atoms with Gasteiger partial charge in [-0.1, -0.05) is 6.92 Å². The summed E-state index contributed by atoms with van der Waals surface area (Å²) in [7, 11) is 0. The summed E-state index contributed by atoms with van der Waals surface area (Å²) in [5.74, 6) is -0.145. The lowest BCUT2D eigenvalue weighted by molar-refractivity contribution is 0.191. The van der Waals surface area contributed by atoms with Crippen LogP contribution in [0.5, 0.6) is 5.75 Å². The van der Waals surface area contributed by atoms with Gasteiger partial charge in [0.2, 0.25) is 5.43 Å². The second kappa shape index (κ2) is 5.75. The van der Waals surface area contributed by atoms with Gasteiger partial charge in [0.1, 0.15) is 0 Å². The molecular formula is C14H22N2O3. The molecule has 0 aliphatic heterocycles.